The van der Waals surface area contributed by atoms with E-state index in [9.17, 15) is 14.9 Å². The smallest absolute Gasteiger partial charge is 0.270 e. The molecule has 5 heteroatoms. The molecule has 2 aromatic carbocycles. The van der Waals surface area contributed by atoms with E-state index in [1.807, 2.05) is 6.92 Å². The number of carbonyl (C=O) groups is 1. The normalized spacial score (nSPS) is 10.0. The van der Waals surface area contributed by atoms with Crippen molar-refractivity contribution in [1.82, 2.24) is 0 Å². The fourth-order valence-corrected chi connectivity index (χ4v) is 1.84. The Kier molecular flexibility index (Phi) is 4.68. The van der Waals surface area contributed by atoms with E-state index in [1.165, 1.54) is 18.2 Å². The van der Waals surface area contributed by atoms with Crippen LogP contribution in [0.1, 0.15) is 22.8 Å². The van der Waals surface area contributed by atoms with Crippen LogP contribution < -0.4 is 4.74 Å². The number of carbonyl (C=O) groups excluding carboxylic acids is 1. The lowest BCUT2D eigenvalue weighted by atomic mass is 10.0. The van der Waals surface area contributed by atoms with Crippen molar-refractivity contribution >= 4 is 11.5 Å². The summed E-state index contributed by atoms with van der Waals surface area (Å²) in [6.45, 7) is 6.02. The zero-order valence-corrected chi connectivity index (χ0v) is 12.1. The summed E-state index contributed by atoms with van der Waals surface area (Å²) >= 11 is 0. The highest BCUT2D eigenvalue weighted by Gasteiger charge is 2.13. The van der Waals surface area contributed by atoms with Crippen molar-refractivity contribution in [2.45, 2.75) is 6.92 Å². The van der Waals surface area contributed by atoms with Crippen LogP contribution in [0.3, 0.4) is 0 Å². The second kappa shape index (κ2) is 6.67. The predicted octanol–water partition coefficient (Wildman–Crippen LogP) is 3.78. The molecule has 0 aliphatic heterocycles. The van der Waals surface area contributed by atoms with E-state index in [2.05, 4.69) is 6.58 Å². The van der Waals surface area contributed by atoms with Gasteiger partial charge >= 0.3 is 0 Å². The topological polar surface area (TPSA) is 69.4 Å². The molecular weight excluding hydrogens is 282 g/mol. The number of nitro groups is 1. The maximum absolute atomic E-state index is 12.3. The number of rotatable bonds is 6. The Balaban J connectivity index is 2.17. The van der Waals surface area contributed by atoms with Crippen LogP contribution in [-0.2, 0) is 0 Å². The minimum absolute atomic E-state index is 0.104. The summed E-state index contributed by atoms with van der Waals surface area (Å²) in [5, 5.41) is 10.8. The zero-order chi connectivity index (χ0) is 16.1. The first-order valence-corrected chi connectivity index (χ1v) is 6.64. The standard InChI is InChI=1S/C17H15NO4/c1-12(2)11-22-16-8-6-13(7-9-16)17(19)14-4-3-5-15(10-14)18(20)21/h3-10H,1,11H2,2H3. The van der Waals surface area contributed by atoms with Crippen molar-refractivity contribution in [2.75, 3.05) is 6.61 Å². The molecule has 2 aromatic rings. The van der Waals surface area contributed by atoms with E-state index in [0.717, 1.165) is 5.57 Å². The van der Waals surface area contributed by atoms with Crippen LogP contribution in [0, 0.1) is 10.1 Å². The maximum atomic E-state index is 12.3. The van der Waals surface area contributed by atoms with E-state index in [1.54, 1.807) is 30.3 Å². The van der Waals surface area contributed by atoms with Crippen molar-refractivity contribution in [3.8, 4) is 5.75 Å². The summed E-state index contributed by atoms with van der Waals surface area (Å²) in [6.07, 6.45) is 0. The maximum Gasteiger partial charge on any atom is 0.270 e. The van der Waals surface area contributed by atoms with E-state index in [-0.39, 0.29) is 17.0 Å². The molecule has 0 bridgehead atoms. The van der Waals surface area contributed by atoms with Gasteiger partial charge in [-0.25, -0.2) is 0 Å². The second-order valence-corrected chi connectivity index (χ2v) is 4.91. The van der Waals surface area contributed by atoms with Gasteiger partial charge in [0.2, 0.25) is 0 Å². The minimum Gasteiger partial charge on any atom is -0.489 e. The first-order valence-electron chi connectivity index (χ1n) is 6.64. The number of nitro benzene ring substituents is 1. The number of ketones is 1. The number of non-ortho nitro benzene ring substituents is 1. The van der Waals surface area contributed by atoms with Crippen LogP contribution in [0.15, 0.2) is 60.7 Å². The van der Waals surface area contributed by atoms with Gasteiger partial charge in [-0.05, 0) is 36.8 Å². The molecule has 0 atom stereocenters. The Morgan fingerprint density at radius 2 is 1.86 bits per heavy atom. The van der Waals surface area contributed by atoms with Gasteiger partial charge in [0.1, 0.15) is 12.4 Å². The summed E-state index contributed by atoms with van der Waals surface area (Å²) in [6, 6.07) is 12.3. The molecule has 0 aliphatic carbocycles. The average Bonchev–Trinajstić information content (AvgIpc) is 2.53. The quantitative estimate of drug-likeness (QED) is 0.352. The monoisotopic (exact) mass is 297 g/mol. The number of nitrogens with zero attached hydrogens (tertiary/aromatic N) is 1. The molecule has 0 saturated carbocycles. The highest BCUT2D eigenvalue weighted by molar-refractivity contribution is 6.09. The lowest BCUT2D eigenvalue weighted by Crippen LogP contribution is -2.03. The number of benzene rings is 2. The molecule has 0 saturated heterocycles. The molecule has 0 unspecified atom stereocenters. The molecular formula is C17H15NO4. The predicted molar refractivity (Wildman–Crippen MR) is 83.3 cm³/mol. The molecule has 0 aliphatic rings. The van der Waals surface area contributed by atoms with Gasteiger partial charge in [-0.3, -0.25) is 14.9 Å². The largest absolute Gasteiger partial charge is 0.489 e. The highest BCUT2D eigenvalue weighted by atomic mass is 16.6. The van der Waals surface area contributed by atoms with Crippen molar-refractivity contribution in [2.24, 2.45) is 0 Å². The third-order valence-electron chi connectivity index (χ3n) is 2.92. The molecule has 0 spiro atoms. The van der Waals surface area contributed by atoms with Crippen LogP contribution in [0.25, 0.3) is 0 Å². The molecule has 112 valence electrons. The lowest BCUT2D eigenvalue weighted by Gasteiger charge is -2.06. The number of ether oxygens (including phenoxy) is 1. The van der Waals surface area contributed by atoms with Crippen LogP contribution in [0.5, 0.6) is 5.75 Å². The van der Waals surface area contributed by atoms with E-state index < -0.39 is 4.92 Å². The first-order chi connectivity index (χ1) is 10.5. The summed E-state index contributed by atoms with van der Waals surface area (Å²) < 4.78 is 5.46. The van der Waals surface area contributed by atoms with Gasteiger partial charge in [0.25, 0.3) is 5.69 Å². The average molecular weight is 297 g/mol. The van der Waals surface area contributed by atoms with Crippen molar-refractivity contribution in [3.63, 3.8) is 0 Å². The van der Waals surface area contributed by atoms with Crippen molar-refractivity contribution in [1.29, 1.82) is 0 Å². The van der Waals surface area contributed by atoms with Gasteiger partial charge in [-0.15, -0.1) is 0 Å². The third-order valence-corrected chi connectivity index (χ3v) is 2.92. The molecule has 22 heavy (non-hydrogen) atoms. The summed E-state index contributed by atoms with van der Waals surface area (Å²) in [5.41, 5.74) is 1.52. The Hall–Kier alpha value is -2.95. The second-order valence-electron chi connectivity index (χ2n) is 4.91. The number of hydrogen-bond donors (Lipinski definition) is 0. The summed E-state index contributed by atoms with van der Waals surface area (Å²) in [4.78, 5) is 22.6. The Bertz CT molecular complexity index is 720. The van der Waals surface area contributed by atoms with E-state index >= 15 is 0 Å². The van der Waals surface area contributed by atoms with Gasteiger partial charge in [0, 0.05) is 23.3 Å². The Labute approximate surface area is 128 Å². The van der Waals surface area contributed by atoms with Crippen LogP contribution in [0.2, 0.25) is 0 Å². The summed E-state index contributed by atoms with van der Waals surface area (Å²) in [7, 11) is 0. The molecule has 0 N–H and O–H groups in total. The molecule has 5 nitrogen and oxygen atoms in total. The van der Waals surface area contributed by atoms with Gasteiger partial charge < -0.3 is 4.74 Å². The van der Waals surface area contributed by atoms with Gasteiger partial charge in [0.05, 0.1) is 4.92 Å². The first kappa shape index (κ1) is 15.4. The van der Waals surface area contributed by atoms with E-state index in [4.69, 9.17) is 4.74 Å². The molecule has 0 aromatic heterocycles. The minimum atomic E-state index is -0.522. The van der Waals surface area contributed by atoms with Crippen LogP contribution in [0.4, 0.5) is 5.69 Å². The van der Waals surface area contributed by atoms with Crippen molar-refractivity contribution in [3.05, 3.63) is 81.9 Å². The fourth-order valence-electron chi connectivity index (χ4n) is 1.84. The molecule has 2 rings (SSSR count). The van der Waals surface area contributed by atoms with E-state index in [0.29, 0.717) is 17.9 Å². The van der Waals surface area contributed by atoms with Crippen LogP contribution >= 0.6 is 0 Å². The Morgan fingerprint density at radius 3 is 2.45 bits per heavy atom. The van der Waals surface area contributed by atoms with Gasteiger partial charge in [-0.2, -0.15) is 0 Å². The Morgan fingerprint density at radius 1 is 1.18 bits per heavy atom. The molecule has 0 radical (unpaired) electrons. The lowest BCUT2D eigenvalue weighted by molar-refractivity contribution is -0.384. The van der Waals surface area contributed by atoms with Gasteiger partial charge in [0.15, 0.2) is 5.78 Å². The van der Waals surface area contributed by atoms with Crippen LogP contribution in [-0.4, -0.2) is 17.3 Å². The summed E-state index contributed by atoms with van der Waals surface area (Å²) in [5.74, 6) is 0.369. The van der Waals surface area contributed by atoms with Gasteiger partial charge in [-0.1, -0.05) is 18.7 Å². The fraction of sp³-hybridized carbons (Fsp3) is 0.118. The molecule has 0 heterocycles. The SMILES string of the molecule is C=C(C)COc1ccc(C(=O)c2cccc([N+](=O)[O-])c2)cc1. The highest BCUT2D eigenvalue weighted by Crippen LogP contribution is 2.19. The zero-order valence-electron chi connectivity index (χ0n) is 12.1. The molecule has 0 fully saturated rings. The van der Waals surface area contributed by atoms with Crippen molar-refractivity contribution < 1.29 is 14.5 Å². The third kappa shape index (κ3) is 3.79. The molecule has 0 amide bonds. The number of hydrogen-bond acceptors (Lipinski definition) is 4.